The molecule has 2 N–H and O–H groups in total. The van der Waals surface area contributed by atoms with Crippen LogP contribution in [0.4, 0.5) is 13.2 Å². The van der Waals surface area contributed by atoms with Crippen LogP contribution in [-0.4, -0.2) is 57.9 Å². The van der Waals surface area contributed by atoms with Crippen LogP contribution in [0.2, 0.25) is 5.02 Å². The van der Waals surface area contributed by atoms with Crippen LogP contribution in [0.3, 0.4) is 0 Å². The number of carbonyl (C=O) groups is 4. The number of carboxylic acids is 1. The zero-order valence-corrected chi connectivity index (χ0v) is 20.9. The van der Waals surface area contributed by atoms with Gasteiger partial charge in [-0.2, -0.15) is 0 Å². The maximum Gasteiger partial charge on any atom is 0.305 e. The number of carbonyl (C=O) groups excluding carboxylic acids is 3. The number of amides is 3. The molecule has 202 valence electrons. The lowest BCUT2D eigenvalue weighted by molar-refractivity contribution is -0.138. The summed E-state index contributed by atoms with van der Waals surface area (Å²) in [5.74, 6) is -6.34. The van der Waals surface area contributed by atoms with E-state index < -0.39 is 59.8 Å². The summed E-state index contributed by atoms with van der Waals surface area (Å²) in [5.41, 5.74) is 0.0430. The van der Waals surface area contributed by atoms with Crippen LogP contribution in [0.15, 0.2) is 66.7 Å². The second-order valence-electron chi connectivity index (χ2n) is 8.75. The van der Waals surface area contributed by atoms with Gasteiger partial charge in [-0.1, -0.05) is 23.7 Å². The van der Waals surface area contributed by atoms with Gasteiger partial charge in [0.1, 0.15) is 17.5 Å². The first-order chi connectivity index (χ1) is 18.5. The highest BCUT2D eigenvalue weighted by Crippen LogP contribution is 2.25. The fourth-order valence-corrected chi connectivity index (χ4v) is 4.43. The third kappa shape index (κ3) is 6.37. The highest BCUT2D eigenvalue weighted by atomic mass is 35.5. The molecule has 0 bridgehead atoms. The van der Waals surface area contributed by atoms with Gasteiger partial charge in [0, 0.05) is 35.3 Å². The lowest BCUT2D eigenvalue weighted by Gasteiger charge is -2.31. The second-order valence-corrected chi connectivity index (χ2v) is 9.18. The molecule has 3 amide bonds. The number of nitrogens with zero attached hydrogens (tertiary/aromatic N) is 2. The van der Waals surface area contributed by atoms with E-state index in [4.69, 9.17) is 11.6 Å². The maximum absolute atomic E-state index is 13.9. The summed E-state index contributed by atoms with van der Waals surface area (Å²) in [7, 11) is 0. The minimum atomic E-state index is -1.59. The average Bonchev–Trinajstić information content (AvgIpc) is 3.33. The maximum atomic E-state index is 13.9. The largest absolute Gasteiger partial charge is 0.481 e. The quantitative estimate of drug-likeness (QED) is 0.455. The molecule has 39 heavy (non-hydrogen) atoms. The fraction of sp³-hybridized carbons (Fsp3) is 0.185. The highest BCUT2D eigenvalue weighted by Gasteiger charge is 2.44. The van der Waals surface area contributed by atoms with Crippen LogP contribution < -0.4 is 5.32 Å². The van der Waals surface area contributed by atoms with E-state index in [1.165, 1.54) is 36.4 Å². The number of hydrogen-bond donors (Lipinski definition) is 2. The van der Waals surface area contributed by atoms with Crippen LogP contribution in [-0.2, 0) is 9.59 Å². The van der Waals surface area contributed by atoms with E-state index in [2.05, 4.69) is 5.32 Å². The number of halogens is 4. The van der Waals surface area contributed by atoms with Crippen molar-refractivity contribution in [2.24, 2.45) is 0 Å². The summed E-state index contributed by atoms with van der Waals surface area (Å²) >= 11 is 5.91. The van der Waals surface area contributed by atoms with Gasteiger partial charge in [0.15, 0.2) is 6.17 Å². The van der Waals surface area contributed by atoms with Crippen molar-refractivity contribution in [3.8, 4) is 0 Å². The summed E-state index contributed by atoms with van der Waals surface area (Å²) in [5, 5.41) is 12.3. The van der Waals surface area contributed by atoms with Gasteiger partial charge in [-0.05, 0) is 54.1 Å². The molecular weight excluding hydrogens is 539 g/mol. The van der Waals surface area contributed by atoms with Gasteiger partial charge in [-0.25, -0.2) is 13.2 Å². The number of benzene rings is 3. The number of carboxylic acid groups (broad SMARTS) is 1. The summed E-state index contributed by atoms with van der Waals surface area (Å²) in [6.07, 6.45) is -2.18. The van der Waals surface area contributed by atoms with Crippen molar-refractivity contribution in [2.75, 3.05) is 13.1 Å². The third-order valence-electron chi connectivity index (χ3n) is 6.10. The summed E-state index contributed by atoms with van der Waals surface area (Å²) < 4.78 is 41.2. The van der Waals surface area contributed by atoms with Crippen LogP contribution in [0, 0.1) is 17.5 Å². The van der Waals surface area contributed by atoms with Gasteiger partial charge < -0.3 is 20.2 Å². The molecule has 1 fully saturated rings. The molecule has 0 aromatic heterocycles. The molecule has 2 unspecified atom stereocenters. The van der Waals surface area contributed by atoms with E-state index in [1.54, 1.807) is 0 Å². The molecule has 0 radical (unpaired) electrons. The Morgan fingerprint density at radius 1 is 0.821 bits per heavy atom. The standard InChI is InChI=1S/C27H21ClF3N3O5/c28-18-5-1-16(2-6-18)26(38)33-9-10-34(27(39)17-11-20(30)13-21(31)12-17)25(33)24(37)32-22(14-23(35)36)15-3-7-19(29)8-4-15/h1-8,11-13,22,25H,9-10,14H2,(H,32,37)(H,35,36). The Hall–Kier alpha value is -4.38. The predicted molar refractivity (Wildman–Crippen MR) is 133 cm³/mol. The Morgan fingerprint density at radius 3 is 1.90 bits per heavy atom. The van der Waals surface area contributed by atoms with Crippen LogP contribution >= 0.6 is 11.6 Å². The zero-order valence-electron chi connectivity index (χ0n) is 20.1. The topological polar surface area (TPSA) is 107 Å². The Kier molecular flexibility index (Phi) is 8.20. The molecule has 0 spiro atoms. The van der Waals surface area contributed by atoms with Crippen LogP contribution in [0.5, 0.6) is 0 Å². The predicted octanol–water partition coefficient (Wildman–Crippen LogP) is 4.01. The van der Waals surface area contributed by atoms with E-state index in [-0.39, 0.29) is 29.8 Å². The van der Waals surface area contributed by atoms with Crippen molar-refractivity contribution < 1.29 is 37.5 Å². The first-order valence-corrected chi connectivity index (χ1v) is 12.0. The lowest BCUT2D eigenvalue weighted by atomic mass is 10.0. The normalized spacial score (nSPS) is 15.6. The fourth-order valence-electron chi connectivity index (χ4n) is 4.31. The van der Waals surface area contributed by atoms with E-state index in [1.807, 2.05) is 0 Å². The van der Waals surface area contributed by atoms with Gasteiger partial charge in [-0.3, -0.25) is 19.2 Å². The lowest BCUT2D eigenvalue weighted by Crippen LogP contribution is -2.54. The minimum absolute atomic E-state index is 0.108. The number of rotatable bonds is 7. The minimum Gasteiger partial charge on any atom is -0.481 e. The van der Waals surface area contributed by atoms with Crippen molar-refractivity contribution in [1.29, 1.82) is 0 Å². The molecule has 12 heteroatoms. The average molecular weight is 560 g/mol. The van der Waals surface area contributed by atoms with Gasteiger partial charge in [-0.15, -0.1) is 0 Å². The monoisotopic (exact) mass is 559 g/mol. The highest BCUT2D eigenvalue weighted by molar-refractivity contribution is 6.30. The zero-order chi connectivity index (χ0) is 28.3. The molecular formula is C27H21ClF3N3O5. The summed E-state index contributed by atoms with van der Waals surface area (Å²) in [6.45, 7) is -0.266. The molecule has 1 saturated heterocycles. The second kappa shape index (κ2) is 11.6. The van der Waals surface area contributed by atoms with Crippen molar-refractivity contribution >= 4 is 35.3 Å². The molecule has 1 aliphatic heterocycles. The Bertz CT molecular complexity index is 1400. The molecule has 3 aromatic carbocycles. The van der Waals surface area contributed by atoms with E-state index in [0.717, 1.165) is 34.1 Å². The van der Waals surface area contributed by atoms with Gasteiger partial charge in [0.2, 0.25) is 0 Å². The summed E-state index contributed by atoms with van der Waals surface area (Å²) in [6, 6.07) is 11.6. The van der Waals surface area contributed by atoms with E-state index >= 15 is 0 Å². The van der Waals surface area contributed by atoms with E-state index in [9.17, 15) is 37.5 Å². The van der Waals surface area contributed by atoms with Crippen molar-refractivity contribution in [1.82, 2.24) is 15.1 Å². The molecule has 1 heterocycles. The van der Waals surface area contributed by atoms with Crippen molar-refractivity contribution in [3.63, 3.8) is 0 Å². The Morgan fingerprint density at radius 2 is 1.36 bits per heavy atom. The Balaban J connectivity index is 1.70. The van der Waals surface area contributed by atoms with E-state index in [0.29, 0.717) is 11.1 Å². The smallest absolute Gasteiger partial charge is 0.305 e. The SMILES string of the molecule is O=C(O)CC(NC(=O)C1N(C(=O)c2ccc(Cl)cc2)CCN1C(=O)c1cc(F)cc(F)c1)c1ccc(F)cc1. The van der Waals surface area contributed by atoms with Crippen LogP contribution in [0.1, 0.15) is 38.7 Å². The van der Waals surface area contributed by atoms with Gasteiger partial charge in [0.05, 0.1) is 12.5 Å². The molecule has 4 rings (SSSR count). The molecule has 8 nitrogen and oxygen atoms in total. The van der Waals surface area contributed by atoms with Gasteiger partial charge >= 0.3 is 5.97 Å². The first-order valence-electron chi connectivity index (χ1n) is 11.6. The number of nitrogens with one attached hydrogen (secondary N) is 1. The van der Waals surface area contributed by atoms with Crippen molar-refractivity contribution in [3.05, 3.63) is 106 Å². The number of aliphatic carboxylic acids is 1. The molecule has 2 atom stereocenters. The molecule has 3 aromatic rings. The molecule has 0 aliphatic carbocycles. The third-order valence-corrected chi connectivity index (χ3v) is 6.35. The molecule has 1 aliphatic rings. The molecule has 0 saturated carbocycles. The van der Waals surface area contributed by atoms with Crippen molar-refractivity contribution in [2.45, 2.75) is 18.6 Å². The van der Waals surface area contributed by atoms with Crippen LogP contribution in [0.25, 0.3) is 0 Å². The van der Waals surface area contributed by atoms with Gasteiger partial charge in [0.25, 0.3) is 17.7 Å². The summed E-state index contributed by atoms with van der Waals surface area (Å²) in [4.78, 5) is 53.9. The Labute approximate surface area is 225 Å². The first kappa shape index (κ1) is 27.6. The number of hydrogen-bond acceptors (Lipinski definition) is 4.